The molecule has 0 unspecified atom stereocenters. The van der Waals surface area contributed by atoms with Crippen LogP contribution in [0, 0.1) is 11.6 Å². The summed E-state index contributed by atoms with van der Waals surface area (Å²) in [6, 6.07) is 5.19. The van der Waals surface area contributed by atoms with E-state index < -0.39 is 20.9 Å². The summed E-state index contributed by atoms with van der Waals surface area (Å²) in [4.78, 5) is 0. The number of benzene rings is 1. The maximum Gasteiger partial charge on any atom is 0.384 e. The molecule has 0 spiro atoms. The zero-order valence-corrected chi connectivity index (χ0v) is 15.4. The van der Waals surface area contributed by atoms with Crippen LogP contribution in [0.1, 0.15) is 57.9 Å². The molecular formula is C18H29F2O2Si. The van der Waals surface area contributed by atoms with Crippen molar-refractivity contribution in [2.45, 2.75) is 64.8 Å². The Kier molecular flexibility index (Phi) is 11.1. The molecule has 0 heterocycles. The van der Waals surface area contributed by atoms with E-state index in [-0.39, 0.29) is 0 Å². The molecule has 0 aliphatic rings. The standard InChI is InChI=1S/C18H29F2O2Si/c1-3-12-21-23(22-13-4-2)14-8-6-5-7-9-16-10-11-17(19)18(20)15-16/h10-11,15H,3-9,12-14H2,1-2H3. The number of hydrogen-bond donors (Lipinski definition) is 0. The number of aryl methyl sites for hydroxylation is 1. The van der Waals surface area contributed by atoms with E-state index in [2.05, 4.69) is 13.8 Å². The van der Waals surface area contributed by atoms with Crippen LogP contribution in [-0.2, 0) is 15.3 Å². The fourth-order valence-corrected chi connectivity index (χ4v) is 4.04. The fourth-order valence-electron chi connectivity index (χ4n) is 2.26. The molecule has 0 aliphatic heterocycles. The Balaban J connectivity index is 2.13. The Morgan fingerprint density at radius 1 is 0.870 bits per heavy atom. The summed E-state index contributed by atoms with van der Waals surface area (Å²) in [5.74, 6) is -1.53. The molecule has 0 N–H and O–H groups in total. The van der Waals surface area contributed by atoms with Crippen LogP contribution in [0.15, 0.2) is 18.2 Å². The summed E-state index contributed by atoms with van der Waals surface area (Å²) in [6.07, 6.45) is 7.18. The fraction of sp³-hybridized carbons (Fsp3) is 0.667. The summed E-state index contributed by atoms with van der Waals surface area (Å²) in [7, 11) is -1.11. The minimum Gasteiger partial charge on any atom is -0.393 e. The van der Waals surface area contributed by atoms with Crippen LogP contribution in [0.25, 0.3) is 0 Å². The van der Waals surface area contributed by atoms with Gasteiger partial charge in [0.2, 0.25) is 0 Å². The van der Waals surface area contributed by atoms with Crippen molar-refractivity contribution >= 4 is 9.28 Å². The lowest BCUT2D eigenvalue weighted by Gasteiger charge is -2.14. The molecule has 0 fully saturated rings. The monoisotopic (exact) mass is 343 g/mol. The third kappa shape index (κ3) is 9.18. The quantitative estimate of drug-likeness (QED) is 0.352. The van der Waals surface area contributed by atoms with Crippen molar-refractivity contribution in [2.24, 2.45) is 0 Å². The van der Waals surface area contributed by atoms with Crippen molar-refractivity contribution in [3.05, 3.63) is 35.4 Å². The van der Waals surface area contributed by atoms with E-state index in [1.807, 2.05) is 0 Å². The number of halogens is 2. The average molecular weight is 344 g/mol. The van der Waals surface area contributed by atoms with Gasteiger partial charge in [0.15, 0.2) is 11.6 Å². The SMILES string of the molecule is CCCO[Si](CCCCCCc1ccc(F)c(F)c1)OCCC. The highest BCUT2D eigenvalue weighted by Gasteiger charge is 2.14. The van der Waals surface area contributed by atoms with Gasteiger partial charge in [0.1, 0.15) is 0 Å². The smallest absolute Gasteiger partial charge is 0.384 e. The van der Waals surface area contributed by atoms with Gasteiger partial charge in [0.05, 0.1) is 0 Å². The van der Waals surface area contributed by atoms with Crippen LogP contribution >= 0.6 is 0 Å². The lowest BCUT2D eigenvalue weighted by Crippen LogP contribution is -2.23. The normalized spacial score (nSPS) is 11.3. The topological polar surface area (TPSA) is 18.5 Å². The molecule has 5 heteroatoms. The summed E-state index contributed by atoms with van der Waals surface area (Å²) >= 11 is 0. The number of hydrogen-bond acceptors (Lipinski definition) is 2. The van der Waals surface area contributed by atoms with Crippen molar-refractivity contribution in [2.75, 3.05) is 13.2 Å². The Morgan fingerprint density at radius 2 is 1.52 bits per heavy atom. The third-order valence-electron chi connectivity index (χ3n) is 3.51. The molecule has 131 valence electrons. The predicted octanol–water partition coefficient (Wildman–Crippen LogP) is 5.41. The minimum atomic E-state index is -1.11. The molecule has 1 aromatic rings. The number of rotatable bonds is 13. The highest BCUT2D eigenvalue weighted by Crippen LogP contribution is 2.14. The number of unbranched alkanes of at least 4 members (excludes halogenated alkanes) is 3. The highest BCUT2D eigenvalue weighted by atomic mass is 28.3. The van der Waals surface area contributed by atoms with Crippen LogP contribution in [0.3, 0.4) is 0 Å². The van der Waals surface area contributed by atoms with Gasteiger partial charge in [-0.1, -0.05) is 39.2 Å². The Bertz CT molecular complexity index is 421. The van der Waals surface area contributed by atoms with Crippen molar-refractivity contribution in [1.29, 1.82) is 0 Å². The minimum absolute atomic E-state index is 0.754. The first-order valence-corrected chi connectivity index (χ1v) is 10.2. The largest absolute Gasteiger partial charge is 0.393 e. The summed E-state index contributed by atoms with van der Waals surface area (Å²) in [6.45, 7) is 5.79. The van der Waals surface area contributed by atoms with Crippen molar-refractivity contribution in [3.8, 4) is 0 Å². The van der Waals surface area contributed by atoms with Gasteiger partial charge in [0.25, 0.3) is 0 Å². The molecule has 0 aromatic heterocycles. The van der Waals surface area contributed by atoms with Crippen molar-refractivity contribution in [3.63, 3.8) is 0 Å². The van der Waals surface area contributed by atoms with E-state index in [0.29, 0.717) is 0 Å². The maximum atomic E-state index is 13.1. The molecule has 0 bridgehead atoms. The van der Waals surface area contributed by atoms with Gasteiger partial charge < -0.3 is 8.85 Å². The molecule has 0 atom stereocenters. The van der Waals surface area contributed by atoms with Gasteiger partial charge in [-0.2, -0.15) is 0 Å². The predicted molar refractivity (Wildman–Crippen MR) is 91.6 cm³/mol. The van der Waals surface area contributed by atoms with E-state index in [1.165, 1.54) is 12.1 Å². The Morgan fingerprint density at radius 3 is 2.13 bits per heavy atom. The van der Waals surface area contributed by atoms with Gasteiger partial charge in [0, 0.05) is 13.2 Å². The zero-order valence-electron chi connectivity index (χ0n) is 14.4. The Labute approximate surface area is 141 Å². The first-order valence-electron chi connectivity index (χ1n) is 8.72. The van der Waals surface area contributed by atoms with Crippen LogP contribution in [0.2, 0.25) is 6.04 Å². The lowest BCUT2D eigenvalue weighted by atomic mass is 10.1. The molecule has 0 saturated carbocycles. The molecule has 23 heavy (non-hydrogen) atoms. The maximum absolute atomic E-state index is 13.1. The van der Waals surface area contributed by atoms with E-state index in [4.69, 9.17) is 8.85 Å². The molecule has 1 aromatic carbocycles. The van der Waals surface area contributed by atoms with Gasteiger partial charge in [-0.15, -0.1) is 0 Å². The summed E-state index contributed by atoms with van der Waals surface area (Å²) in [5, 5.41) is 0. The van der Waals surface area contributed by atoms with Crippen LogP contribution in [0.5, 0.6) is 0 Å². The molecule has 0 aliphatic carbocycles. The van der Waals surface area contributed by atoms with Crippen molar-refractivity contribution in [1.82, 2.24) is 0 Å². The van der Waals surface area contributed by atoms with Crippen LogP contribution < -0.4 is 0 Å². The second kappa shape index (κ2) is 12.6. The summed E-state index contributed by atoms with van der Waals surface area (Å²) in [5.41, 5.74) is 0.867. The van der Waals surface area contributed by atoms with E-state index in [0.717, 1.165) is 69.8 Å². The van der Waals surface area contributed by atoms with Gasteiger partial charge >= 0.3 is 9.28 Å². The molecule has 2 nitrogen and oxygen atoms in total. The Hall–Kier alpha value is -0.783. The van der Waals surface area contributed by atoms with E-state index in [9.17, 15) is 8.78 Å². The second-order valence-corrected chi connectivity index (χ2v) is 7.55. The average Bonchev–Trinajstić information content (AvgIpc) is 2.55. The first-order chi connectivity index (χ1) is 11.2. The molecular weight excluding hydrogens is 314 g/mol. The van der Waals surface area contributed by atoms with E-state index >= 15 is 0 Å². The molecule has 0 amide bonds. The van der Waals surface area contributed by atoms with Crippen LogP contribution in [-0.4, -0.2) is 22.5 Å². The van der Waals surface area contributed by atoms with Gasteiger partial charge in [-0.25, -0.2) is 8.78 Å². The zero-order chi connectivity index (χ0) is 16.9. The van der Waals surface area contributed by atoms with Crippen LogP contribution in [0.4, 0.5) is 8.78 Å². The molecule has 1 rings (SSSR count). The third-order valence-corrected chi connectivity index (χ3v) is 5.33. The molecule has 0 saturated heterocycles. The van der Waals surface area contributed by atoms with Crippen molar-refractivity contribution < 1.29 is 17.6 Å². The van der Waals surface area contributed by atoms with Gasteiger partial charge in [-0.3, -0.25) is 0 Å². The highest BCUT2D eigenvalue weighted by molar-refractivity contribution is 6.44. The summed E-state index contributed by atoms with van der Waals surface area (Å²) < 4.78 is 37.5. The molecule has 1 radical (unpaired) electrons. The first kappa shape index (κ1) is 20.3. The van der Waals surface area contributed by atoms with E-state index in [1.54, 1.807) is 6.07 Å². The lowest BCUT2D eigenvalue weighted by molar-refractivity contribution is 0.195. The second-order valence-electron chi connectivity index (χ2n) is 5.73. The van der Waals surface area contributed by atoms with Gasteiger partial charge in [-0.05, 0) is 49.4 Å².